The number of fused-ring (bicyclic) bond motifs is 1. The lowest BCUT2D eigenvalue weighted by Crippen LogP contribution is -1.93. The molecule has 2 aromatic carbocycles. The first-order valence-electron chi connectivity index (χ1n) is 4.53. The van der Waals surface area contributed by atoms with E-state index >= 15 is 0 Å². The lowest BCUT2D eigenvalue weighted by Gasteiger charge is -2.06. The molecule has 15 heavy (non-hydrogen) atoms. The molecular formula is C12H9NO2. The molecule has 0 fully saturated rings. The van der Waals surface area contributed by atoms with E-state index in [0.717, 1.165) is 10.8 Å². The van der Waals surface area contributed by atoms with Crippen LogP contribution in [0.5, 0.6) is 11.5 Å². The smallest absolute Gasteiger partial charge is 0.174 e. The standard InChI is InChI=1S/C12H9NO2/c13-5-6-15-12-8-10-4-2-1-3-9(10)7-11(12)14/h1-4,7-8,14H,6H2. The SMILES string of the molecule is N#CCOc1cc2ccccc2cc1O. The molecule has 2 aromatic rings. The van der Waals surface area contributed by atoms with Crippen LogP contribution >= 0.6 is 0 Å². The maximum Gasteiger partial charge on any atom is 0.174 e. The van der Waals surface area contributed by atoms with Crippen molar-refractivity contribution in [2.24, 2.45) is 0 Å². The topological polar surface area (TPSA) is 53.2 Å². The zero-order chi connectivity index (χ0) is 10.7. The van der Waals surface area contributed by atoms with Crippen molar-refractivity contribution in [3.63, 3.8) is 0 Å². The third-order valence-corrected chi connectivity index (χ3v) is 2.12. The highest BCUT2D eigenvalue weighted by Crippen LogP contribution is 2.31. The van der Waals surface area contributed by atoms with E-state index in [1.807, 2.05) is 30.3 Å². The van der Waals surface area contributed by atoms with Crippen molar-refractivity contribution < 1.29 is 9.84 Å². The molecule has 0 aliphatic carbocycles. The number of nitrogens with zero attached hydrogens (tertiary/aromatic N) is 1. The fraction of sp³-hybridized carbons (Fsp3) is 0.0833. The van der Waals surface area contributed by atoms with Gasteiger partial charge in [0.15, 0.2) is 18.1 Å². The Morgan fingerprint density at radius 3 is 2.53 bits per heavy atom. The molecule has 2 rings (SSSR count). The summed E-state index contributed by atoms with van der Waals surface area (Å²) >= 11 is 0. The fourth-order valence-corrected chi connectivity index (χ4v) is 1.43. The summed E-state index contributed by atoms with van der Waals surface area (Å²) in [7, 11) is 0. The second kappa shape index (κ2) is 3.89. The van der Waals surface area contributed by atoms with Gasteiger partial charge < -0.3 is 9.84 Å². The summed E-state index contributed by atoms with van der Waals surface area (Å²) in [6.45, 7) is -0.0636. The first-order valence-corrected chi connectivity index (χ1v) is 4.53. The molecule has 0 unspecified atom stereocenters. The number of benzene rings is 2. The Bertz CT molecular complexity index is 529. The van der Waals surface area contributed by atoms with Crippen molar-refractivity contribution in [3.8, 4) is 17.6 Å². The average Bonchev–Trinajstić information content (AvgIpc) is 2.26. The van der Waals surface area contributed by atoms with Crippen molar-refractivity contribution in [1.82, 2.24) is 0 Å². The minimum Gasteiger partial charge on any atom is -0.504 e. The highest BCUT2D eigenvalue weighted by molar-refractivity contribution is 5.85. The zero-order valence-electron chi connectivity index (χ0n) is 7.97. The highest BCUT2D eigenvalue weighted by atomic mass is 16.5. The van der Waals surface area contributed by atoms with E-state index in [9.17, 15) is 5.11 Å². The van der Waals surface area contributed by atoms with Gasteiger partial charge in [0.25, 0.3) is 0 Å². The predicted molar refractivity (Wildman–Crippen MR) is 56.7 cm³/mol. The van der Waals surface area contributed by atoms with Gasteiger partial charge in [0.05, 0.1) is 0 Å². The van der Waals surface area contributed by atoms with Crippen LogP contribution in [0.2, 0.25) is 0 Å². The minimum atomic E-state index is -0.0636. The molecule has 0 aromatic heterocycles. The van der Waals surface area contributed by atoms with E-state index in [4.69, 9.17) is 10.00 Å². The van der Waals surface area contributed by atoms with E-state index < -0.39 is 0 Å². The number of rotatable bonds is 2. The second-order valence-corrected chi connectivity index (χ2v) is 3.11. The number of hydrogen-bond acceptors (Lipinski definition) is 3. The fourth-order valence-electron chi connectivity index (χ4n) is 1.43. The molecule has 0 saturated carbocycles. The van der Waals surface area contributed by atoms with Gasteiger partial charge in [0, 0.05) is 0 Å². The van der Waals surface area contributed by atoms with Crippen molar-refractivity contribution >= 4 is 10.8 Å². The molecule has 3 heteroatoms. The van der Waals surface area contributed by atoms with Crippen molar-refractivity contribution in [1.29, 1.82) is 5.26 Å². The van der Waals surface area contributed by atoms with Crippen LogP contribution in [0, 0.1) is 11.3 Å². The molecule has 0 heterocycles. The van der Waals surface area contributed by atoms with E-state index in [0.29, 0.717) is 5.75 Å². The van der Waals surface area contributed by atoms with Gasteiger partial charge in [-0.1, -0.05) is 24.3 Å². The Morgan fingerprint density at radius 1 is 1.20 bits per heavy atom. The summed E-state index contributed by atoms with van der Waals surface area (Å²) < 4.78 is 5.08. The molecule has 0 saturated heterocycles. The van der Waals surface area contributed by atoms with Crippen molar-refractivity contribution in [3.05, 3.63) is 36.4 Å². The number of nitriles is 1. The largest absolute Gasteiger partial charge is 0.504 e. The van der Waals surface area contributed by atoms with Gasteiger partial charge in [-0.2, -0.15) is 5.26 Å². The molecule has 0 spiro atoms. The average molecular weight is 199 g/mol. The molecular weight excluding hydrogens is 190 g/mol. The number of phenolic OH excluding ortho intramolecular Hbond substituents is 1. The van der Waals surface area contributed by atoms with Gasteiger partial charge in [0.1, 0.15) is 6.07 Å². The first-order chi connectivity index (χ1) is 7.31. The molecule has 74 valence electrons. The molecule has 0 bridgehead atoms. The van der Waals surface area contributed by atoms with Crippen LogP contribution in [-0.4, -0.2) is 11.7 Å². The van der Waals surface area contributed by atoms with Gasteiger partial charge in [-0.3, -0.25) is 0 Å². The number of phenols is 1. The molecule has 0 atom stereocenters. The zero-order valence-corrected chi connectivity index (χ0v) is 7.97. The monoisotopic (exact) mass is 199 g/mol. The first kappa shape index (κ1) is 9.35. The molecule has 0 aliphatic heterocycles. The summed E-state index contributed by atoms with van der Waals surface area (Å²) in [4.78, 5) is 0. The Hall–Kier alpha value is -2.21. The van der Waals surface area contributed by atoms with Crippen LogP contribution in [0.1, 0.15) is 0 Å². The predicted octanol–water partition coefficient (Wildman–Crippen LogP) is 2.45. The maximum atomic E-state index is 9.60. The summed E-state index contributed by atoms with van der Waals surface area (Å²) in [6, 6.07) is 12.9. The molecule has 1 N–H and O–H groups in total. The van der Waals surface area contributed by atoms with Crippen LogP contribution < -0.4 is 4.74 Å². The Morgan fingerprint density at radius 2 is 1.87 bits per heavy atom. The summed E-state index contributed by atoms with van der Waals surface area (Å²) in [5.74, 6) is 0.402. The Kier molecular flexibility index (Phi) is 2.42. The van der Waals surface area contributed by atoms with Crippen LogP contribution in [0.3, 0.4) is 0 Å². The number of hydrogen-bond donors (Lipinski definition) is 1. The highest BCUT2D eigenvalue weighted by Gasteiger charge is 2.03. The summed E-state index contributed by atoms with van der Waals surface area (Å²) in [5.41, 5.74) is 0. The number of aromatic hydroxyl groups is 1. The minimum absolute atomic E-state index is 0.0592. The Balaban J connectivity index is 2.48. The van der Waals surface area contributed by atoms with Gasteiger partial charge >= 0.3 is 0 Å². The normalized spacial score (nSPS) is 9.80. The lowest BCUT2D eigenvalue weighted by molar-refractivity contribution is 0.341. The number of ether oxygens (including phenoxy) is 1. The summed E-state index contributed by atoms with van der Waals surface area (Å²) in [6.07, 6.45) is 0. The molecule has 0 aliphatic rings. The van der Waals surface area contributed by atoms with E-state index in [1.54, 1.807) is 12.1 Å². The van der Waals surface area contributed by atoms with Crippen molar-refractivity contribution in [2.75, 3.05) is 6.61 Å². The molecule has 0 radical (unpaired) electrons. The van der Waals surface area contributed by atoms with Crippen LogP contribution in [-0.2, 0) is 0 Å². The quantitative estimate of drug-likeness (QED) is 0.808. The third kappa shape index (κ3) is 1.84. The van der Waals surface area contributed by atoms with E-state index in [2.05, 4.69) is 0 Å². The third-order valence-electron chi connectivity index (χ3n) is 2.12. The lowest BCUT2D eigenvalue weighted by atomic mass is 10.1. The van der Waals surface area contributed by atoms with Gasteiger partial charge in [0.2, 0.25) is 0 Å². The second-order valence-electron chi connectivity index (χ2n) is 3.11. The van der Waals surface area contributed by atoms with E-state index in [-0.39, 0.29) is 12.4 Å². The van der Waals surface area contributed by atoms with Gasteiger partial charge in [-0.15, -0.1) is 0 Å². The van der Waals surface area contributed by atoms with Crippen molar-refractivity contribution in [2.45, 2.75) is 0 Å². The van der Waals surface area contributed by atoms with Gasteiger partial charge in [-0.05, 0) is 22.9 Å². The maximum absolute atomic E-state index is 9.60. The van der Waals surface area contributed by atoms with Crippen LogP contribution in [0.15, 0.2) is 36.4 Å². The van der Waals surface area contributed by atoms with Crippen LogP contribution in [0.4, 0.5) is 0 Å². The summed E-state index contributed by atoms with van der Waals surface area (Å²) in [5, 5.41) is 19.9. The van der Waals surface area contributed by atoms with Crippen LogP contribution in [0.25, 0.3) is 10.8 Å². The Labute approximate surface area is 87.1 Å². The molecule has 3 nitrogen and oxygen atoms in total. The van der Waals surface area contributed by atoms with Gasteiger partial charge in [-0.25, -0.2) is 0 Å². The van der Waals surface area contributed by atoms with E-state index in [1.165, 1.54) is 0 Å². The molecule has 0 amide bonds.